The summed E-state index contributed by atoms with van der Waals surface area (Å²) in [5.74, 6) is 0.905. The van der Waals surface area contributed by atoms with Gasteiger partial charge < -0.3 is 4.74 Å². The Morgan fingerprint density at radius 3 is 0.983 bits per heavy atom. The number of esters is 1. The SMILES string of the molecule is CCCCC/C=C\C/C=C\CCCCCCCC(=O)OCCCCCCCCCCCCCCCCCCCCCCCCCCCCCCCCCCCCC(C)C. The van der Waals surface area contributed by atoms with Gasteiger partial charge >= 0.3 is 5.97 Å². The van der Waals surface area contributed by atoms with Crippen LogP contribution >= 0.6 is 0 Å². The highest BCUT2D eigenvalue weighted by Crippen LogP contribution is 2.18. The third-order valence-corrected chi connectivity index (χ3v) is 12.8. The van der Waals surface area contributed by atoms with Gasteiger partial charge in [0.2, 0.25) is 0 Å². The first-order valence-corrected chi connectivity index (χ1v) is 27.6. The van der Waals surface area contributed by atoms with E-state index in [4.69, 9.17) is 4.74 Å². The Bertz CT molecular complexity index is 826. The van der Waals surface area contributed by atoms with E-state index in [2.05, 4.69) is 45.1 Å². The number of carbonyl (C=O) groups is 1. The number of unbranched alkanes of at least 4 members (excludes halogenated alkanes) is 41. The minimum Gasteiger partial charge on any atom is -0.466 e. The van der Waals surface area contributed by atoms with Gasteiger partial charge in [-0.05, 0) is 50.9 Å². The molecular weight excluding hydrogens is 717 g/mol. The minimum atomic E-state index is 0.0156. The number of hydrogen-bond donors (Lipinski definition) is 0. The first-order chi connectivity index (χ1) is 29.2. The van der Waals surface area contributed by atoms with Crippen LogP contribution in [0.3, 0.4) is 0 Å². The number of hydrogen-bond acceptors (Lipinski definition) is 2. The third-order valence-electron chi connectivity index (χ3n) is 12.8. The summed E-state index contributed by atoms with van der Waals surface area (Å²) >= 11 is 0. The molecule has 350 valence electrons. The maximum atomic E-state index is 12.0. The molecule has 0 amide bonds. The van der Waals surface area contributed by atoms with E-state index in [-0.39, 0.29) is 5.97 Å². The molecule has 0 saturated carbocycles. The summed E-state index contributed by atoms with van der Waals surface area (Å²) in [6.45, 7) is 7.58. The van der Waals surface area contributed by atoms with Crippen molar-refractivity contribution in [2.24, 2.45) is 5.92 Å². The fourth-order valence-electron chi connectivity index (χ4n) is 8.65. The van der Waals surface area contributed by atoms with Crippen molar-refractivity contribution in [3.05, 3.63) is 24.3 Å². The number of ether oxygens (including phenoxy) is 1. The Kier molecular flexibility index (Phi) is 52.1. The molecule has 0 aliphatic rings. The van der Waals surface area contributed by atoms with Gasteiger partial charge in [0, 0.05) is 6.42 Å². The lowest BCUT2D eigenvalue weighted by Gasteiger charge is -2.06. The van der Waals surface area contributed by atoms with Gasteiger partial charge in [0.1, 0.15) is 0 Å². The van der Waals surface area contributed by atoms with Crippen LogP contribution in [0.25, 0.3) is 0 Å². The van der Waals surface area contributed by atoms with Gasteiger partial charge in [-0.25, -0.2) is 0 Å². The van der Waals surface area contributed by atoms with E-state index in [9.17, 15) is 4.79 Å². The van der Waals surface area contributed by atoms with Crippen molar-refractivity contribution >= 4 is 5.97 Å². The highest BCUT2D eigenvalue weighted by atomic mass is 16.5. The summed E-state index contributed by atoms with van der Waals surface area (Å²) in [6, 6.07) is 0. The topological polar surface area (TPSA) is 26.3 Å². The predicted molar refractivity (Wildman–Crippen MR) is 267 cm³/mol. The van der Waals surface area contributed by atoms with Crippen molar-refractivity contribution in [1.82, 2.24) is 0 Å². The van der Waals surface area contributed by atoms with Crippen LogP contribution in [0.4, 0.5) is 0 Å². The molecule has 0 spiro atoms. The molecule has 0 fully saturated rings. The Hall–Kier alpha value is -1.05. The Balaban J connectivity index is 3.16. The van der Waals surface area contributed by atoms with E-state index in [1.165, 1.54) is 270 Å². The highest BCUT2D eigenvalue weighted by molar-refractivity contribution is 5.69. The minimum absolute atomic E-state index is 0.0156. The quantitative estimate of drug-likeness (QED) is 0.0347. The monoisotopic (exact) mass is 827 g/mol. The van der Waals surface area contributed by atoms with E-state index >= 15 is 0 Å². The van der Waals surface area contributed by atoms with Crippen molar-refractivity contribution in [3.8, 4) is 0 Å². The molecule has 0 aromatic carbocycles. The van der Waals surface area contributed by atoms with Crippen LogP contribution in [-0.2, 0) is 9.53 Å². The maximum Gasteiger partial charge on any atom is 0.305 e. The molecule has 0 aromatic rings. The molecule has 0 aliphatic heterocycles. The Labute approximate surface area is 373 Å². The van der Waals surface area contributed by atoms with Crippen LogP contribution in [0.15, 0.2) is 24.3 Å². The maximum absolute atomic E-state index is 12.0. The average Bonchev–Trinajstić information content (AvgIpc) is 3.23. The van der Waals surface area contributed by atoms with Crippen molar-refractivity contribution < 1.29 is 9.53 Å². The largest absolute Gasteiger partial charge is 0.466 e. The standard InChI is InChI=1S/C57H110O2/c1-4-5-6-7-8-9-10-11-32-36-39-42-45-48-51-54-57(58)59-55-52-49-46-43-40-37-34-31-29-27-25-23-21-19-17-15-13-12-14-16-18-20-22-24-26-28-30-33-35-38-41-44-47-50-53-56(2)3/h8-9,11,32,56H,4-7,10,12-31,33-55H2,1-3H3/b9-8-,32-11-. The number of rotatable bonds is 51. The van der Waals surface area contributed by atoms with Gasteiger partial charge in [-0.3, -0.25) is 4.79 Å². The van der Waals surface area contributed by atoms with Crippen molar-refractivity contribution in [2.45, 2.75) is 323 Å². The van der Waals surface area contributed by atoms with E-state index in [0.29, 0.717) is 13.0 Å². The summed E-state index contributed by atoms with van der Waals surface area (Å²) in [5, 5.41) is 0. The molecule has 0 unspecified atom stereocenters. The lowest BCUT2D eigenvalue weighted by Crippen LogP contribution is -2.05. The van der Waals surface area contributed by atoms with Crippen LogP contribution < -0.4 is 0 Å². The second kappa shape index (κ2) is 53.1. The van der Waals surface area contributed by atoms with Gasteiger partial charge in [-0.1, -0.05) is 295 Å². The summed E-state index contributed by atoms with van der Waals surface area (Å²) in [4.78, 5) is 12.0. The highest BCUT2D eigenvalue weighted by Gasteiger charge is 2.03. The molecule has 0 atom stereocenters. The van der Waals surface area contributed by atoms with E-state index < -0.39 is 0 Å². The lowest BCUT2D eigenvalue weighted by atomic mass is 10.0. The second-order valence-electron chi connectivity index (χ2n) is 19.4. The zero-order chi connectivity index (χ0) is 42.6. The molecule has 2 heteroatoms. The molecule has 0 aromatic heterocycles. The molecule has 0 radical (unpaired) electrons. The fourth-order valence-corrected chi connectivity index (χ4v) is 8.65. The number of carbonyl (C=O) groups excluding carboxylic acids is 1. The molecule has 0 saturated heterocycles. The van der Waals surface area contributed by atoms with E-state index in [1.54, 1.807) is 0 Å². The van der Waals surface area contributed by atoms with Crippen LogP contribution in [0, 0.1) is 5.92 Å². The first-order valence-electron chi connectivity index (χ1n) is 27.6. The van der Waals surface area contributed by atoms with Gasteiger partial charge in [0.05, 0.1) is 6.61 Å². The second-order valence-corrected chi connectivity index (χ2v) is 19.4. The fraction of sp³-hybridized carbons (Fsp3) is 0.912. The summed E-state index contributed by atoms with van der Waals surface area (Å²) < 4.78 is 5.48. The van der Waals surface area contributed by atoms with Crippen LogP contribution in [-0.4, -0.2) is 12.6 Å². The molecular formula is C57H110O2. The number of allylic oxidation sites excluding steroid dienone is 4. The Morgan fingerprint density at radius 1 is 0.356 bits per heavy atom. The van der Waals surface area contributed by atoms with Gasteiger partial charge in [0.25, 0.3) is 0 Å². The van der Waals surface area contributed by atoms with Gasteiger partial charge in [-0.15, -0.1) is 0 Å². The summed E-state index contributed by atoms with van der Waals surface area (Å²) in [6.07, 6.45) is 73.5. The van der Waals surface area contributed by atoms with E-state index in [0.717, 1.165) is 31.6 Å². The Morgan fingerprint density at radius 2 is 0.644 bits per heavy atom. The van der Waals surface area contributed by atoms with Crippen LogP contribution in [0.5, 0.6) is 0 Å². The molecule has 0 heterocycles. The van der Waals surface area contributed by atoms with Gasteiger partial charge in [-0.2, -0.15) is 0 Å². The zero-order valence-corrected chi connectivity index (χ0v) is 41.1. The zero-order valence-electron chi connectivity index (χ0n) is 41.1. The summed E-state index contributed by atoms with van der Waals surface area (Å²) in [5.41, 5.74) is 0. The van der Waals surface area contributed by atoms with Crippen LogP contribution in [0.1, 0.15) is 323 Å². The van der Waals surface area contributed by atoms with Gasteiger partial charge in [0.15, 0.2) is 0 Å². The first kappa shape index (κ1) is 58.0. The third kappa shape index (κ3) is 54.9. The van der Waals surface area contributed by atoms with E-state index in [1.807, 2.05) is 0 Å². The molecule has 2 nitrogen and oxygen atoms in total. The van der Waals surface area contributed by atoms with Crippen LogP contribution in [0.2, 0.25) is 0 Å². The smallest absolute Gasteiger partial charge is 0.305 e. The van der Waals surface area contributed by atoms with Crippen molar-refractivity contribution in [1.29, 1.82) is 0 Å². The normalized spacial score (nSPS) is 11.9. The predicted octanol–water partition coefficient (Wildman–Crippen LogP) is 20.7. The summed E-state index contributed by atoms with van der Waals surface area (Å²) in [7, 11) is 0. The average molecular weight is 828 g/mol. The molecule has 0 aliphatic carbocycles. The van der Waals surface area contributed by atoms with Crippen molar-refractivity contribution in [3.63, 3.8) is 0 Å². The molecule has 0 rings (SSSR count). The van der Waals surface area contributed by atoms with Crippen molar-refractivity contribution in [2.75, 3.05) is 6.61 Å². The molecule has 0 bridgehead atoms. The lowest BCUT2D eigenvalue weighted by molar-refractivity contribution is -0.143. The molecule has 59 heavy (non-hydrogen) atoms. The molecule has 0 N–H and O–H groups in total.